The van der Waals surface area contributed by atoms with E-state index in [2.05, 4.69) is 27.6 Å². The quantitative estimate of drug-likeness (QED) is 0.738. The summed E-state index contributed by atoms with van der Waals surface area (Å²) < 4.78 is 4.50. The smallest absolute Gasteiger partial charge is 0.405 e. The number of hydrogen-bond acceptors (Lipinski definition) is 3. The Hall–Kier alpha value is -2.92. The Morgan fingerprint density at radius 1 is 1.50 bits per heavy atom. The standard InChI is InChI=1S/C13H9N3O2/c14-7-9-3-4-11-10(8-16-12(11)6-9)2-1-5-18-13(15)17/h3-4,6,8,16H,5H2,(H2,15,17). The molecule has 0 unspecified atom stereocenters. The number of nitrogens with one attached hydrogen (secondary N) is 1. The number of nitrogens with two attached hydrogens (primary N) is 1. The summed E-state index contributed by atoms with van der Waals surface area (Å²) in [6.45, 7) is -0.0434. The Labute approximate surface area is 103 Å². The highest BCUT2D eigenvalue weighted by atomic mass is 16.5. The molecule has 2 aromatic rings. The van der Waals surface area contributed by atoms with Gasteiger partial charge in [0.2, 0.25) is 0 Å². The maximum atomic E-state index is 10.3. The minimum atomic E-state index is -0.845. The molecule has 5 nitrogen and oxygen atoms in total. The molecule has 0 saturated heterocycles. The van der Waals surface area contributed by atoms with Crippen LogP contribution in [0, 0.1) is 23.2 Å². The van der Waals surface area contributed by atoms with Gasteiger partial charge in [0.15, 0.2) is 6.61 Å². The number of benzene rings is 1. The van der Waals surface area contributed by atoms with Gasteiger partial charge in [-0.25, -0.2) is 4.79 Å². The Bertz CT molecular complexity index is 698. The van der Waals surface area contributed by atoms with Crippen molar-refractivity contribution in [1.82, 2.24) is 4.98 Å². The molecule has 3 N–H and O–H groups in total. The summed E-state index contributed by atoms with van der Waals surface area (Å²) in [7, 11) is 0. The number of amides is 1. The molecule has 1 heterocycles. The lowest BCUT2D eigenvalue weighted by molar-refractivity contribution is 0.171. The van der Waals surface area contributed by atoms with Crippen LogP contribution in [0.3, 0.4) is 0 Å². The number of carbonyl (C=O) groups is 1. The Morgan fingerprint density at radius 3 is 3.06 bits per heavy atom. The van der Waals surface area contributed by atoms with E-state index in [1.54, 1.807) is 18.3 Å². The van der Waals surface area contributed by atoms with E-state index in [1.165, 1.54) is 0 Å². The second-order valence-electron chi connectivity index (χ2n) is 3.48. The molecular formula is C13H9N3O2. The van der Waals surface area contributed by atoms with Crippen molar-refractivity contribution >= 4 is 17.0 Å². The molecule has 0 aliphatic carbocycles. The maximum Gasteiger partial charge on any atom is 0.405 e. The van der Waals surface area contributed by atoms with Crippen molar-refractivity contribution in [3.63, 3.8) is 0 Å². The molecule has 1 aromatic heterocycles. The zero-order chi connectivity index (χ0) is 13.0. The van der Waals surface area contributed by atoms with Gasteiger partial charge in [-0.15, -0.1) is 0 Å². The lowest BCUT2D eigenvalue weighted by atomic mass is 10.1. The molecule has 0 aliphatic rings. The molecule has 0 bridgehead atoms. The highest BCUT2D eigenvalue weighted by Gasteiger charge is 2.01. The van der Waals surface area contributed by atoms with Gasteiger partial charge in [-0.2, -0.15) is 5.26 Å². The Kier molecular flexibility index (Phi) is 3.17. The van der Waals surface area contributed by atoms with Gasteiger partial charge in [0.25, 0.3) is 0 Å². The van der Waals surface area contributed by atoms with Crippen LogP contribution in [-0.4, -0.2) is 17.7 Å². The second-order valence-corrected chi connectivity index (χ2v) is 3.48. The van der Waals surface area contributed by atoms with Gasteiger partial charge in [-0.1, -0.05) is 17.9 Å². The van der Waals surface area contributed by atoms with E-state index in [0.717, 1.165) is 16.5 Å². The number of nitrogens with zero attached hydrogens (tertiary/aromatic N) is 1. The Morgan fingerprint density at radius 2 is 2.33 bits per heavy atom. The summed E-state index contributed by atoms with van der Waals surface area (Å²) in [5.41, 5.74) is 7.01. The second kappa shape index (κ2) is 4.94. The summed E-state index contributed by atoms with van der Waals surface area (Å²) >= 11 is 0. The molecule has 2 rings (SSSR count). The van der Waals surface area contributed by atoms with E-state index >= 15 is 0 Å². The molecule has 88 valence electrons. The number of aromatic nitrogens is 1. The average molecular weight is 239 g/mol. The lowest BCUT2D eigenvalue weighted by Crippen LogP contribution is -2.12. The summed E-state index contributed by atoms with van der Waals surface area (Å²) in [6.07, 6.45) is 0.894. The van der Waals surface area contributed by atoms with Gasteiger partial charge in [-0.05, 0) is 12.1 Å². The molecule has 0 saturated carbocycles. The first-order valence-electron chi connectivity index (χ1n) is 5.13. The lowest BCUT2D eigenvalue weighted by Gasteiger charge is -1.92. The third-order valence-electron chi connectivity index (χ3n) is 2.32. The van der Waals surface area contributed by atoms with Crippen molar-refractivity contribution in [2.75, 3.05) is 6.61 Å². The molecular weight excluding hydrogens is 230 g/mol. The average Bonchev–Trinajstić information content (AvgIpc) is 2.76. The van der Waals surface area contributed by atoms with Gasteiger partial charge in [0, 0.05) is 22.7 Å². The van der Waals surface area contributed by atoms with Gasteiger partial charge in [0.1, 0.15) is 0 Å². The van der Waals surface area contributed by atoms with E-state index in [9.17, 15) is 4.79 Å². The fraction of sp³-hybridized carbons (Fsp3) is 0.0769. The van der Waals surface area contributed by atoms with Gasteiger partial charge in [0.05, 0.1) is 11.6 Å². The molecule has 1 amide bonds. The minimum absolute atomic E-state index is 0.0434. The van der Waals surface area contributed by atoms with Crippen LogP contribution >= 0.6 is 0 Å². The highest BCUT2D eigenvalue weighted by molar-refractivity contribution is 5.87. The molecule has 0 atom stereocenters. The van der Waals surface area contributed by atoms with E-state index in [1.807, 2.05) is 6.07 Å². The van der Waals surface area contributed by atoms with Crippen LogP contribution in [0.1, 0.15) is 11.1 Å². The molecule has 18 heavy (non-hydrogen) atoms. The SMILES string of the molecule is N#Cc1ccc2c(C#CCOC(N)=O)c[nH]c2c1. The fourth-order valence-corrected chi connectivity index (χ4v) is 1.54. The summed E-state index contributed by atoms with van der Waals surface area (Å²) in [5, 5.41) is 9.69. The van der Waals surface area contributed by atoms with Crippen molar-refractivity contribution in [2.24, 2.45) is 5.73 Å². The third-order valence-corrected chi connectivity index (χ3v) is 2.32. The minimum Gasteiger partial charge on any atom is -0.437 e. The molecule has 0 aliphatic heterocycles. The van der Waals surface area contributed by atoms with E-state index < -0.39 is 6.09 Å². The number of hydrogen-bond donors (Lipinski definition) is 2. The largest absolute Gasteiger partial charge is 0.437 e. The van der Waals surface area contributed by atoms with Crippen LogP contribution in [0.5, 0.6) is 0 Å². The topological polar surface area (TPSA) is 91.9 Å². The molecule has 1 aromatic carbocycles. The van der Waals surface area contributed by atoms with Crippen LogP contribution in [0.25, 0.3) is 10.9 Å². The first kappa shape index (κ1) is 11.6. The fourth-order valence-electron chi connectivity index (χ4n) is 1.54. The normalized spacial score (nSPS) is 9.28. The van der Waals surface area contributed by atoms with Gasteiger partial charge < -0.3 is 15.5 Å². The number of aromatic amines is 1. The predicted octanol–water partition coefficient (Wildman–Crippen LogP) is 1.49. The molecule has 0 fully saturated rings. The summed E-state index contributed by atoms with van der Waals surface area (Å²) in [5.74, 6) is 5.55. The number of rotatable bonds is 1. The van der Waals surface area contributed by atoms with Crippen LogP contribution in [0.2, 0.25) is 0 Å². The molecule has 0 radical (unpaired) electrons. The zero-order valence-corrected chi connectivity index (χ0v) is 9.36. The summed E-state index contributed by atoms with van der Waals surface area (Å²) in [6, 6.07) is 7.36. The van der Waals surface area contributed by atoms with Crippen molar-refractivity contribution in [1.29, 1.82) is 5.26 Å². The molecule has 0 spiro atoms. The predicted molar refractivity (Wildman–Crippen MR) is 65.4 cm³/mol. The zero-order valence-electron chi connectivity index (χ0n) is 9.36. The van der Waals surface area contributed by atoms with Crippen LogP contribution in [0.15, 0.2) is 24.4 Å². The van der Waals surface area contributed by atoms with Gasteiger partial charge in [-0.3, -0.25) is 0 Å². The highest BCUT2D eigenvalue weighted by Crippen LogP contribution is 2.18. The Balaban J connectivity index is 2.25. The summed E-state index contributed by atoms with van der Waals surface area (Å²) in [4.78, 5) is 13.4. The molecule has 5 heteroatoms. The van der Waals surface area contributed by atoms with Crippen molar-refractivity contribution < 1.29 is 9.53 Å². The first-order valence-corrected chi connectivity index (χ1v) is 5.13. The van der Waals surface area contributed by atoms with Crippen LogP contribution < -0.4 is 5.73 Å². The third kappa shape index (κ3) is 2.42. The number of carbonyl (C=O) groups excluding carboxylic acids is 1. The monoisotopic (exact) mass is 239 g/mol. The van der Waals surface area contributed by atoms with Crippen LogP contribution in [0.4, 0.5) is 4.79 Å². The number of fused-ring (bicyclic) bond motifs is 1. The van der Waals surface area contributed by atoms with Crippen molar-refractivity contribution in [3.05, 3.63) is 35.5 Å². The maximum absolute atomic E-state index is 10.3. The van der Waals surface area contributed by atoms with Gasteiger partial charge >= 0.3 is 6.09 Å². The van der Waals surface area contributed by atoms with Crippen LogP contribution in [-0.2, 0) is 4.74 Å². The first-order chi connectivity index (χ1) is 8.70. The van der Waals surface area contributed by atoms with E-state index in [4.69, 9.17) is 11.0 Å². The van der Waals surface area contributed by atoms with Crippen molar-refractivity contribution in [2.45, 2.75) is 0 Å². The number of primary amides is 1. The van der Waals surface area contributed by atoms with Crippen molar-refractivity contribution in [3.8, 4) is 17.9 Å². The number of H-pyrrole nitrogens is 1. The van der Waals surface area contributed by atoms with E-state index in [-0.39, 0.29) is 6.61 Å². The number of ether oxygens (including phenoxy) is 1. The van der Waals surface area contributed by atoms with E-state index in [0.29, 0.717) is 5.56 Å². The number of nitriles is 1.